The molecular formula is C24H45IN4O3. The van der Waals surface area contributed by atoms with Crippen LogP contribution in [0.3, 0.4) is 0 Å². The lowest BCUT2D eigenvalue weighted by Gasteiger charge is -2.30. The average Bonchev–Trinajstić information content (AvgIpc) is 3.08. The summed E-state index contributed by atoms with van der Waals surface area (Å²) in [6, 6.07) is 0. The van der Waals surface area contributed by atoms with Crippen LogP contribution in [0.15, 0.2) is 6.20 Å². The van der Waals surface area contributed by atoms with Gasteiger partial charge in [0, 0.05) is 42.3 Å². The van der Waals surface area contributed by atoms with Crippen molar-refractivity contribution in [3.05, 3.63) is 11.9 Å². The van der Waals surface area contributed by atoms with Gasteiger partial charge >= 0.3 is 0 Å². The maximum absolute atomic E-state index is 11.3. The van der Waals surface area contributed by atoms with Gasteiger partial charge in [0.1, 0.15) is 5.78 Å². The molecule has 8 heteroatoms. The highest BCUT2D eigenvalue weighted by Gasteiger charge is 2.27. The molecule has 0 atom stereocenters. The van der Waals surface area contributed by atoms with Crippen molar-refractivity contribution in [2.75, 3.05) is 17.8 Å². The van der Waals surface area contributed by atoms with E-state index in [0.29, 0.717) is 26.1 Å². The Balaban J connectivity index is 2.57. The van der Waals surface area contributed by atoms with Crippen LogP contribution >= 0.6 is 22.6 Å². The Hall–Kier alpha value is -0.580. The van der Waals surface area contributed by atoms with Gasteiger partial charge in [0.25, 0.3) is 0 Å². The van der Waals surface area contributed by atoms with Crippen LogP contribution in [0.5, 0.6) is 0 Å². The van der Waals surface area contributed by atoms with Gasteiger partial charge < -0.3 is 19.6 Å². The van der Waals surface area contributed by atoms with Crippen LogP contribution in [0, 0.1) is 0 Å². The molecule has 0 spiro atoms. The van der Waals surface area contributed by atoms with Crippen molar-refractivity contribution in [2.45, 2.75) is 117 Å². The molecule has 1 aromatic heterocycles. The minimum absolute atomic E-state index is 0.0626. The number of halogens is 1. The summed E-state index contributed by atoms with van der Waals surface area (Å²) < 4.78 is 15.1. The van der Waals surface area contributed by atoms with E-state index in [-0.39, 0.29) is 28.1 Å². The van der Waals surface area contributed by atoms with Crippen LogP contribution in [-0.4, -0.2) is 55.3 Å². The Labute approximate surface area is 208 Å². The number of ketones is 1. The first-order chi connectivity index (χ1) is 14.6. The SMILES string of the molecule is CC(=O)CCC(C)(C)OCCC(C)(C)n1cc(CC(C)(C)OCCC(C)(C)NCI)nn1. The molecule has 0 unspecified atom stereocenters. The molecule has 1 N–H and O–H groups in total. The van der Waals surface area contributed by atoms with Crippen LogP contribution in [0.1, 0.15) is 93.7 Å². The summed E-state index contributed by atoms with van der Waals surface area (Å²) in [5.74, 6) is 0.199. The molecule has 0 fully saturated rings. The zero-order chi connectivity index (χ0) is 24.6. The van der Waals surface area contributed by atoms with Crippen LogP contribution in [0.4, 0.5) is 0 Å². The number of hydrogen-bond donors (Lipinski definition) is 1. The summed E-state index contributed by atoms with van der Waals surface area (Å²) in [7, 11) is 0. The number of nitrogens with one attached hydrogen (secondary N) is 1. The number of rotatable bonds is 16. The van der Waals surface area contributed by atoms with E-state index >= 15 is 0 Å². The van der Waals surface area contributed by atoms with E-state index in [1.54, 1.807) is 6.92 Å². The number of aromatic nitrogens is 3. The second-order valence-electron chi connectivity index (χ2n) is 11.3. The van der Waals surface area contributed by atoms with Crippen LogP contribution in [0.2, 0.25) is 0 Å². The topological polar surface area (TPSA) is 78.3 Å². The molecule has 186 valence electrons. The zero-order valence-electron chi connectivity index (χ0n) is 21.7. The fourth-order valence-electron chi connectivity index (χ4n) is 3.26. The van der Waals surface area contributed by atoms with Crippen molar-refractivity contribution >= 4 is 28.4 Å². The quantitative estimate of drug-likeness (QED) is 0.172. The minimum Gasteiger partial charge on any atom is -0.375 e. The monoisotopic (exact) mass is 564 g/mol. The number of ether oxygens (including phenoxy) is 2. The van der Waals surface area contributed by atoms with E-state index in [0.717, 1.165) is 29.5 Å². The number of carbonyl (C=O) groups is 1. The Morgan fingerprint density at radius 2 is 1.59 bits per heavy atom. The highest BCUT2D eigenvalue weighted by molar-refractivity contribution is 14.1. The largest absolute Gasteiger partial charge is 0.375 e. The van der Waals surface area contributed by atoms with Gasteiger partial charge in [-0.05, 0) is 81.6 Å². The third-order valence-electron chi connectivity index (χ3n) is 5.82. The molecule has 32 heavy (non-hydrogen) atoms. The zero-order valence-corrected chi connectivity index (χ0v) is 23.8. The second-order valence-corrected chi connectivity index (χ2v) is 12.0. The number of alkyl halides is 1. The van der Waals surface area contributed by atoms with Crippen molar-refractivity contribution < 1.29 is 14.3 Å². The average molecular weight is 565 g/mol. The Morgan fingerprint density at radius 3 is 2.19 bits per heavy atom. The minimum atomic E-state index is -0.310. The molecule has 7 nitrogen and oxygen atoms in total. The van der Waals surface area contributed by atoms with Gasteiger partial charge in [-0.25, -0.2) is 4.68 Å². The summed E-state index contributed by atoms with van der Waals surface area (Å²) in [5.41, 5.74) is 0.150. The maximum atomic E-state index is 11.3. The summed E-state index contributed by atoms with van der Waals surface area (Å²) in [5, 5.41) is 12.3. The van der Waals surface area contributed by atoms with Gasteiger partial charge in [0.05, 0.1) is 22.4 Å². The Morgan fingerprint density at radius 1 is 1.00 bits per heavy atom. The van der Waals surface area contributed by atoms with Crippen molar-refractivity contribution in [1.82, 2.24) is 20.3 Å². The molecule has 0 radical (unpaired) electrons. The van der Waals surface area contributed by atoms with Gasteiger partial charge in [-0.3, -0.25) is 0 Å². The molecule has 0 aromatic carbocycles. The molecule has 1 aromatic rings. The predicted octanol–water partition coefficient (Wildman–Crippen LogP) is 5.06. The van der Waals surface area contributed by atoms with Crippen molar-refractivity contribution in [1.29, 1.82) is 0 Å². The molecule has 0 aliphatic heterocycles. The lowest BCUT2D eigenvalue weighted by atomic mass is 9.99. The predicted molar refractivity (Wildman–Crippen MR) is 138 cm³/mol. The Bertz CT molecular complexity index is 714. The standard InChI is InChI=1S/C24H45IN4O3/c1-19(30)10-11-23(6,7)31-15-13-22(4,5)29-17-20(27-28-29)16-24(8,9)32-14-12-21(2,3)26-18-25/h17,26H,10-16,18H2,1-9H3. The second kappa shape index (κ2) is 12.2. The van der Waals surface area contributed by atoms with E-state index in [9.17, 15) is 4.79 Å². The highest BCUT2D eigenvalue weighted by Crippen LogP contribution is 2.24. The summed E-state index contributed by atoms with van der Waals surface area (Å²) in [6.07, 6.45) is 5.76. The molecule has 0 saturated carbocycles. The first-order valence-electron chi connectivity index (χ1n) is 11.6. The lowest BCUT2D eigenvalue weighted by molar-refractivity contribution is -0.119. The molecule has 0 amide bonds. The lowest BCUT2D eigenvalue weighted by Crippen LogP contribution is -2.40. The Kier molecular flexibility index (Phi) is 11.2. The van der Waals surface area contributed by atoms with Gasteiger partial charge in [-0.1, -0.05) is 27.8 Å². The summed E-state index contributed by atoms with van der Waals surface area (Å²) in [6.45, 7) is 19.9. The first kappa shape index (κ1) is 29.5. The number of carbonyl (C=O) groups excluding carboxylic acids is 1. The molecular weight excluding hydrogens is 519 g/mol. The van der Waals surface area contributed by atoms with Crippen LogP contribution in [-0.2, 0) is 26.2 Å². The van der Waals surface area contributed by atoms with E-state index < -0.39 is 0 Å². The van der Waals surface area contributed by atoms with Gasteiger partial charge in [-0.2, -0.15) is 0 Å². The van der Waals surface area contributed by atoms with Gasteiger partial charge in [-0.15, -0.1) is 5.10 Å². The third kappa shape index (κ3) is 11.5. The van der Waals surface area contributed by atoms with Gasteiger partial charge in [0.2, 0.25) is 0 Å². The van der Waals surface area contributed by atoms with E-state index in [2.05, 4.69) is 79.8 Å². The summed E-state index contributed by atoms with van der Waals surface area (Å²) >= 11 is 2.33. The molecule has 0 bridgehead atoms. The third-order valence-corrected chi connectivity index (χ3v) is 6.20. The fraction of sp³-hybridized carbons (Fsp3) is 0.875. The fourth-order valence-corrected chi connectivity index (χ4v) is 4.29. The van der Waals surface area contributed by atoms with Crippen molar-refractivity contribution in [3.8, 4) is 0 Å². The molecule has 1 heterocycles. The summed E-state index contributed by atoms with van der Waals surface area (Å²) in [4.78, 5) is 11.3. The van der Waals surface area contributed by atoms with Crippen molar-refractivity contribution in [2.24, 2.45) is 0 Å². The van der Waals surface area contributed by atoms with Gasteiger partial charge in [0.15, 0.2) is 0 Å². The smallest absolute Gasteiger partial charge is 0.129 e. The van der Waals surface area contributed by atoms with E-state index in [1.807, 2.05) is 24.7 Å². The van der Waals surface area contributed by atoms with Crippen molar-refractivity contribution in [3.63, 3.8) is 0 Å². The maximum Gasteiger partial charge on any atom is 0.129 e. The normalized spacial score (nSPS) is 13.6. The van der Waals surface area contributed by atoms with E-state index in [1.165, 1.54) is 0 Å². The van der Waals surface area contributed by atoms with Crippen LogP contribution < -0.4 is 5.32 Å². The number of hydrogen-bond acceptors (Lipinski definition) is 6. The van der Waals surface area contributed by atoms with Crippen LogP contribution in [0.25, 0.3) is 0 Å². The molecule has 1 rings (SSSR count). The molecule has 0 aliphatic rings. The first-order valence-corrected chi connectivity index (χ1v) is 13.1. The number of Topliss-reactive ketones (excluding diaryl/α,β-unsaturated/α-hetero) is 1. The molecule has 0 saturated heterocycles. The molecule has 0 aliphatic carbocycles. The number of nitrogens with zero attached hydrogens (tertiary/aromatic N) is 3. The van der Waals surface area contributed by atoms with E-state index in [4.69, 9.17) is 9.47 Å². The highest BCUT2D eigenvalue weighted by atomic mass is 127.